The van der Waals surface area contributed by atoms with Gasteiger partial charge in [-0.2, -0.15) is 0 Å². The Morgan fingerprint density at radius 2 is 2.26 bits per heavy atom. The fraction of sp³-hybridized carbons (Fsp3) is 0.364. The van der Waals surface area contributed by atoms with Crippen LogP contribution >= 0.6 is 22.9 Å². The van der Waals surface area contributed by atoms with E-state index in [0.29, 0.717) is 15.6 Å². The molecule has 102 valence electrons. The second-order valence-corrected chi connectivity index (χ2v) is 5.88. The van der Waals surface area contributed by atoms with Crippen molar-refractivity contribution in [3.8, 4) is 0 Å². The highest BCUT2D eigenvalue weighted by molar-refractivity contribution is 7.17. The Hall–Kier alpha value is -1.60. The number of aliphatic carboxylic acids is 1. The fourth-order valence-corrected chi connectivity index (χ4v) is 2.96. The molecular formula is C11H11ClN2O4S. The zero-order chi connectivity index (χ0) is 14.0. The van der Waals surface area contributed by atoms with E-state index in [1.165, 1.54) is 4.90 Å². The lowest BCUT2D eigenvalue weighted by molar-refractivity contribution is -0.144. The zero-order valence-corrected chi connectivity index (χ0v) is 11.3. The van der Waals surface area contributed by atoms with Crippen LogP contribution in [-0.4, -0.2) is 46.9 Å². The van der Waals surface area contributed by atoms with E-state index in [4.69, 9.17) is 16.7 Å². The van der Waals surface area contributed by atoms with Gasteiger partial charge >= 0.3 is 5.97 Å². The second-order valence-electron chi connectivity index (χ2n) is 4.17. The maximum Gasteiger partial charge on any atom is 0.326 e. The number of hydrogen-bond donors (Lipinski definition) is 2. The highest BCUT2D eigenvalue weighted by Gasteiger charge is 2.36. The van der Waals surface area contributed by atoms with Crippen molar-refractivity contribution in [1.82, 2.24) is 10.2 Å². The van der Waals surface area contributed by atoms with Crippen LogP contribution in [0.5, 0.6) is 0 Å². The van der Waals surface area contributed by atoms with Crippen molar-refractivity contribution in [2.75, 3.05) is 6.54 Å². The van der Waals surface area contributed by atoms with E-state index in [1.807, 2.05) is 0 Å². The van der Waals surface area contributed by atoms with Gasteiger partial charge in [0.25, 0.3) is 5.91 Å². The standard InChI is InChI=1S/C11H11ClN2O4S/c12-9-2-1-8(19-9)10(16)13-6-3-7(11(17)18)14(4-6)5-15/h1-2,5-7H,3-4H2,(H,13,16)(H,17,18)/t6?,7-/m0/s1. The van der Waals surface area contributed by atoms with Crippen molar-refractivity contribution < 1.29 is 19.5 Å². The van der Waals surface area contributed by atoms with Crippen molar-refractivity contribution in [1.29, 1.82) is 0 Å². The molecule has 1 aliphatic rings. The lowest BCUT2D eigenvalue weighted by atomic mass is 10.1. The number of nitrogens with one attached hydrogen (secondary N) is 1. The molecule has 0 saturated carbocycles. The number of carbonyl (C=O) groups is 3. The number of amides is 2. The molecule has 2 atom stereocenters. The largest absolute Gasteiger partial charge is 0.480 e. The van der Waals surface area contributed by atoms with E-state index >= 15 is 0 Å². The molecule has 2 N–H and O–H groups in total. The Morgan fingerprint density at radius 1 is 1.53 bits per heavy atom. The topological polar surface area (TPSA) is 86.7 Å². The zero-order valence-electron chi connectivity index (χ0n) is 9.71. The van der Waals surface area contributed by atoms with Gasteiger partial charge in [0, 0.05) is 19.0 Å². The summed E-state index contributed by atoms with van der Waals surface area (Å²) in [7, 11) is 0. The van der Waals surface area contributed by atoms with E-state index in [-0.39, 0.29) is 24.9 Å². The first-order valence-corrected chi connectivity index (χ1v) is 6.70. The van der Waals surface area contributed by atoms with Gasteiger partial charge in [0.15, 0.2) is 0 Å². The fourth-order valence-electron chi connectivity index (χ4n) is 2.02. The minimum Gasteiger partial charge on any atom is -0.480 e. The van der Waals surface area contributed by atoms with Gasteiger partial charge in [0.05, 0.1) is 9.21 Å². The number of likely N-dealkylation sites (tertiary alicyclic amines) is 1. The molecule has 0 aromatic carbocycles. The quantitative estimate of drug-likeness (QED) is 0.806. The van der Waals surface area contributed by atoms with Crippen LogP contribution in [0.2, 0.25) is 4.34 Å². The first kappa shape index (κ1) is 13.8. The van der Waals surface area contributed by atoms with E-state index in [0.717, 1.165) is 11.3 Å². The summed E-state index contributed by atoms with van der Waals surface area (Å²) in [5.74, 6) is -1.37. The first-order chi connectivity index (χ1) is 9.01. The summed E-state index contributed by atoms with van der Waals surface area (Å²) in [5.41, 5.74) is 0. The summed E-state index contributed by atoms with van der Waals surface area (Å²) in [6.45, 7) is 0.200. The Bertz CT molecular complexity index is 519. The normalized spacial score (nSPS) is 22.3. The summed E-state index contributed by atoms with van der Waals surface area (Å²) in [5, 5.41) is 11.7. The highest BCUT2D eigenvalue weighted by atomic mass is 35.5. The average molecular weight is 303 g/mol. The van der Waals surface area contributed by atoms with E-state index in [1.54, 1.807) is 12.1 Å². The van der Waals surface area contributed by atoms with Crippen LogP contribution in [0.25, 0.3) is 0 Å². The van der Waals surface area contributed by atoms with Crippen molar-refractivity contribution in [2.45, 2.75) is 18.5 Å². The Kier molecular flexibility index (Phi) is 4.06. The van der Waals surface area contributed by atoms with E-state index in [9.17, 15) is 14.4 Å². The summed E-state index contributed by atoms with van der Waals surface area (Å²) in [4.78, 5) is 35.2. The second kappa shape index (κ2) is 5.58. The van der Waals surface area contributed by atoms with Gasteiger partial charge in [-0.25, -0.2) is 4.79 Å². The van der Waals surface area contributed by atoms with Crippen LogP contribution in [0.1, 0.15) is 16.1 Å². The molecule has 1 aliphatic heterocycles. The number of nitrogens with zero attached hydrogens (tertiary/aromatic N) is 1. The molecular weight excluding hydrogens is 292 g/mol. The minimum atomic E-state index is -1.07. The molecule has 2 heterocycles. The summed E-state index contributed by atoms with van der Waals surface area (Å²) < 4.78 is 0.509. The predicted molar refractivity (Wildman–Crippen MR) is 69.4 cm³/mol. The molecule has 0 aliphatic carbocycles. The molecule has 1 aromatic rings. The van der Waals surface area contributed by atoms with Crippen LogP contribution in [0.4, 0.5) is 0 Å². The van der Waals surface area contributed by atoms with Gasteiger partial charge in [0.2, 0.25) is 6.41 Å². The number of halogens is 1. The van der Waals surface area contributed by atoms with Crippen LogP contribution in [0.15, 0.2) is 12.1 Å². The van der Waals surface area contributed by atoms with E-state index < -0.39 is 12.0 Å². The molecule has 19 heavy (non-hydrogen) atoms. The third kappa shape index (κ3) is 3.05. The summed E-state index contributed by atoms with van der Waals surface area (Å²) in [6.07, 6.45) is 0.700. The van der Waals surface area contributed by atoms with Gasteiger partial charge in [-0.3, -0.25) is 9.59 Å². The number of hydrogen-bond acceptors (Lipinski definition) is 4. The monoisotopic (exact) mass is 302 g/mol. The number of rotatable bonds is 4. The molecule has 2 amide bonds. The molecule has 0 spiro atoms. The lowest BCUT2D eigenvalue weighted by Crippen LogP contribution is -2.36. The maximum absolute atomic E-state index is 11.9. The number of carboxylic acids is 1. The van der Waals surface area contributed by atoms with Gasteiger partial charge in [-0.05, 0) is 12.1 Å². The SMILES string of the molecule is O=CN1CC(NC(=O)c2ccc(Cl)s2)C[C@H]1C(=O)O. The smallest absolute Gasteiger partial charge is 0.326 e. The maximum atomic E-state index is 11.9. The van der Waals surface area contributed by atoms with Crippen LogP contribution in [0.3, 0.4) is 0 Å². The van der Waals surface area contributed by atoms with Gasteiger partial charge in [-0.15, -0.1) is 11.3 Å². The molecule has 1 saturated heterocycles. The Morgan fingerprint density at radius 3 is 2.74 bits per heavy atom. The van der Waals surface area contributed by atoms with Crippen LogP contribution in [0, 0.1) is 0 Å². The Labute approximate surface area is 118 Å². The molecule has 2 rings (SSSR count). The molecule has 0 bridgehead atoms. The summed E-state index contributed by atoms with van der Waals surface area (Å²) >= 11 is 6.88. The van der Waals surface area contributed by atoms with Gasteiger partial charge < -0.3 is 15.3 Å². The van der Waals surface area contributed by atoms with Crippen molar-refractivity contribution >= 4 is 41.2 Å². The number of carbonyl (C=O) groups excluding carboxylic acids is 2. The predicted octanol–water partition coefficient (Wildman–Crippen LogP) is 0.815. The minimum absolute atomic E-state index is 0.200. The van der Waals surface area contributed by atoms with Crippen molar-refractivity contribution in [2.24, 2.45) is 0 Å². The highest BCUT2D eigenvalue weighted by Crippen LogP contribution is 2.22. The lowest BCUT2D eigenvalue weighted by Gasteiger charge is -2.14. The third-order valence-corrected chi connectivity index (χ3v) is 4.12. The van der Waals surface area contributed by atoms with Gasteiger partial charge in [-0.1, -0.05) is 11.6 Å². The van der Waals surface area contributed by atoms with Crippen molar-refractivity contribution in [3.63, 3.8) is 0 Å². The van der Waals surface area contributed by atoms with Crippen LogP contribution < -0.4 is 5.32 Å². The molecule has 8 heteroatoms. The summed E-state index contributed by atoms with van der Waals surface area (Å²) in [6, 6.07) is 1.98. The molecule has 1 fully saturated rings. The first-order valence-electron chi connectivity index (χ1n) is 5.51. The van der Waals surface area contributed by atoms with Crippen molar-refractivity contribution in [3.05, 3.63) is 21.3 Å². The number of carboxylic acid groups (broad SMARTS) is 1. The molecule has 1 aromatic heterocycles. The molecule has 1 unspecified atom stereocenters. The molecule has 0 radical (unpaired) electrons. The third-order valence-electron chi connectivity index (χ3n) is 2.89. The number of thiophene rings is 1. The molecule has 6 nitrogen and oxygen atoms in total. The Balaban J connectivity index is 1.99. The van der Waals surface area contributed by atoms with E-state index in [2.05, 4.69) is 5.32 Å². The van der Waals surface area contributed by atoms with Crippen LogP contribution in [-0.2, 0) is 9.59 Å². The van der Waals surface area contributed by atoms with Gasteiger partial charge in [0.1, 0.15) is 6.04 Å². The average Bonchev–Trinajstić information content (AvgIpc) is 2.95.